The van der Waals surface area contributed by atoms with Gasteiger partial charge in [-0.2, -0.15) is 0 Å². The fourth-order valence-electron chi connectivity index (χ4n) is 1.77. The number of aromatic nitrogens is 2. The minimum absolute atomic E-state index is 0.210. The van der Waals surface area contributed by atoms with Crippen LogP contribution in [-0.2, 0) is 0 Å². The van der Waals surface area contributed by atoms with E-state index >= 15 is 0 Å². The van der Waals surface area contributed by atoms with Crippen molar-refractivity contribution >= 4 is 22.6 Å². The van der Waals surface area contributed by atoms with Gasteiger partial charge in [0.2, 0.25) is 0 Å². The number of nitrogens with zero attached hydrogens (tertiary/aromatic N) is 1. The fourth-order valence-corrected chi connectivity index (χ4v) is 1.77. The van der Waals surface area contributed by atoms with Crippen LogP contribution >= 0.6 is 0 Å². The number of pyridine rings is 1. The fraction of sp³-hybridized carbons (Fsp3) is 0. The molecule has 0 bridgehead atoms. The first-order valence-electron chi connectivity index (χ1n) is 5.63. The van der Waals surface area contributed by atoms with Crippen molar-refractivity contribution in [2.75, 3.05) is 5.32 Å². The first-order chi connectivity index (χ1) is 8.83. The summed E-state index contributed by atoms with van der Waals surface area (Å²) in [5, 5.41) is 3.79. The molecule has 3 rings (SSSR count). The van der Waals surface area contributed by atoms with Gasteiger partial charge in [0, 0.05) is 17.3 Å². The van der Waals surface area contributed by atoms with Gasteiger partial charge in [-0.3, -0.25) is 4.79 Å². The van der Waals surface area contributed by atoms with Crippen LogP contribution in [0.1, 0.15) is 10.5 Å². The zero-order valence-electron chi connectivity index (χ0n) is 9.55. The molecule has 4 heteroatoms. The Morgan fingerprint density at radius 2 is 1.89 bits per heavy atom. The number of rotatable bonds is 2. The van der Waals surface area contributed by atoms with E-state index in [-0.39, 0.29) is 5.91 Å². The second-order valence-electron chi connectivity index (χ2n) is 3.93. The lowest BCUT2D eigenvalue weighted by atomic mass is 10.2. The zero-order valence-corrected chi connectivity index (χ0v) is 9.55. The normalized spacial score (nSPS) is 10.4. The van der Waals surface area contributed by atoms with E-state index in [4.69, 9.17) is 0 Å². The number of carbonyl (C=O) groups is 1. The first-order valence-corrected chi connectivity index (χ1v) is 5.63. The van der Waals surface area contributed by atoms with Crippen LogP contribution < -0.4 is 5.32 Å². The number of anilines is 1. The molecule has 1 aromatic carbocycles. The summed E-state index contributed by atoms with van der Waals surface area (Å²) in [6.45, 7) is 0. The number of benzene rings is 1. The van der Waals surface area contributed by atoms with Gasteiger partial charge in [-0.15, -0.1) is 0 Å². The Balaban J connectivity index is 1.87. The van der Waals surface area contributed by atoms with Crippen molar-refractivity contribution in [3.63, 3.8) is 0 Å². The van der Waals surface area contributed by atoms with Gasteiger partial charge >= 0.3 is 0 Å². The van der Waals surface area contributed by atoms with Crippen molar-refractivity contribution in [3.05, 3.63) is 60.4 Å². The standard InChI is InChI=1S/C14H11N3O/c18-14(16-11-4-2-1-3-5-11)12-7-6-10-8-9-15-13(10)17-12/h1-9H,(H,15,17)(H,16,18). The van der Waals surface area contributed by atoms with E-state index < -0.39 is 0 Å². The third kappa shape index (κ3) is 1.96. The summed E-state index contributed by atoms with van der Waals surface area (Å²) < 4.78 is 0. The Bertz CT molecular complexity index is 688. The molecular weight excluding hydrogens is 226 g/mol. The topological polar surface area (TPSA) is 57.8 Å². The van der Waals surface area contributed by atoms with E-state index in [0.717, 1.165) is 16.7 Å². The molecule has 3 aromatic rings. The van der Waals surface area contributed by atoms with Gasteiger partial charge in [0.05, 0.1) is 0 Å². The molecule has 0 aliphatic heterocycles. The van der Waals surface area contributed by atoms with Crippen molar-refractivity contribution in [1.82, 2.24) is 9.97 Å². The smallest absolute Gasteiger partial charge is 0.274 e. The number of para-hydroxylation sites is 1. The van der Waals surface area contributed by atoms with E-state index in [1.54, 1.807) is 12.3 Å². The Morgan fingerprint density at radius 3 is 2.72 bits per heavy atom. The summed E-state index contributed by atoms with van der Waals surface area (Å²) in [6, 6.07) is 14.8. The monoisotopic (exact) mass is 237 g/mol. The predicted molar refractivity (Wildman–Crippen MR) is 70.5 cm³/mol. The van der Waals surface area contributed by atoms with Gasteiger partial charge in [-0.1, -0.05) is 18.2 Å². The van der Waals surface area contributed by atoms with Crippen LogP contribution in [0.15, 0.2) is 54.7 Å². The molecular formula is C14H11N3O. The van der Waals surface area contributed by atoms with E-state index in [0.29, 0.717) is 5.69 Å². The van der Waals surface area contributed by atoms with Crippen molar-refractivity contribution in [1.29, 1.82) is 0 Å². The number of aromatic amines is 1. The highest BCUT2D eigenvalue weighted by Gasteiger charge is 2.08. The van der Waals surface area contributed by atoms with Crippen LogP contribution in [0.3, 0.4) is 0 Å². The van der Waals surface area contributed by atoms with Crippen molar-refractivity contribution in [2.24, 2.45) is 0 Å². The van der Waals surface area contributed by atoms with Crippen LogP contribution in [0.2, 0.25) is 0 Å². The minimum atomic E-state index is -0.210. The Hall–Kier alpha value is -2.62. The number of fused-ring (bicyclic) bond motifs is 1. The highest BCUT2D eigenvalue weighted by Crippen LogP contribution is 2.12. The molecule has 1 amide bonds. The molecule has 0 saturated carbocycles. The Labute approximate surface area is 104 Å². The SMILES string of the molecule is O=C(Nc1ccccc1)c1ccc2cc[nH]c2n1. The lowest BCUT2D eigenvalue weighted by Crippen LogP contribution is -2.13. The average Bonchev–Trinajstić information content (AvgIpc) is 2.87. The molecule has 0 aliphatic rings. The Morgan fingerprint density at radius 1 is 1.06 bits per heavy atom. The van der Waals surface area contributed by atoms with Crippen LogP contribution in [0.5, 0.6) is 0 Å². The summed E-state index contributed by atoms with van der Waals surface area (Å²) in [6.07, 6.45) is 1.80. The van der Waals surface area contributed by atoms with E-state index in [1.807, 2.05) is 42.5 Å². The summed E-state index contributed by atoms with van der Waals surface area (Å²) >= 11 is 0. The van der Waals surface area contributed by atoms with E-state index in [1.165, 1.54) is 0 Å². The molecule has 2 N–H and O–H groups in total. The van der Waals surface area contributed by atoms with E-state index in [2.05, 4.69) is 15.3 Å². The zero-order chi connectivity index (χ0) is 12.4. The molecule has 0 radical (unpaired) electrons. The van der Waals surface area contributed by atoms with Gasteiger partial charge in [-0.25, -0.2) is 4.98 Å². The summed E-state index contributed by atoms with van der Waals surface area (Å²) in [7, 11) is 0. The van der Waals surface area contributed by atoms with Crippen molar-refractivity contribution in [2.45, 2.75) is 0 Å². The Kier molecular flexibility index (Phi) is 2.53. The largest absolute Gasteiger partial charge is 0.346 e. The summed E-state index contributed by atoms with van der Waals surface area (Å²) in [4.78, 5) is 19.2. The minimum Gasteiger partial charge on any atom is -0.346 e. The average molecular weight is 237 g/mol. The molecule has 88 valence electrons. The maximum Gasteiger partial charge on any atom is 0.274 e. The van der Waals surface area contributed by atoms with Gasteiger partial charge in [0.15, 0.2) is 0 Å². The molecule has 2 aromatic heterocycles. The molecule has 0 saturated heterocycles. The lowest BCUT2D eigenvalue weighted by Gasteiger charge is -2.04. The van der Waals surface area contributed by atoms with Crippen molar-refractivity contribution in [3.8, 4) is 0 Å². The molecule has 0 unspecified atom stereocenters. The van der Waals surface area contributed by atoms with Gasteiger partial charge < -0.3 is 10.3 Å². The highest BCUT2D eigenvalue weighted by molar-refractivity contribution is 6.03. The van der Waals surface area contributed by atoms with E-state index in [9.17, 15) is 4.79 Å². The summed E-state index contributed by atoms with van der Waals surface area (Å²) in [5.74, 6) is -0.210. The van der Waals surface area contributed by atoms with Gasteiger partial charge in [0.1, 0.15) is 11.3 Å². The molecule has 0 aliphatic carbocycles. The molecule has 4 nitrogen and oxygen atoms in total. The summed E-state index contributed by atoms with van der Waals surface area (Å²) in [5.41, 5.74) is 1.88. The molecule has 0 spiro atoms. The molecule has 0 atom stereocenters. The van der Waals surface area contributed by atoms with Crippen LogP contribution in [-0.4, -0.2) is 15.9 Å². The molecule has 18 heavy (non-hydrogen) atoms. The maximum atomic E-state index is 12.0. The number of H-pyrrole nitrogens is 1. The number of nitrogens with one attached hydrogen (secondary N) is 2. The van der Waals surface area contributed by atoms with Crippen molar-refractivity contribution < 1.29 is 4.79 Å². The second-order valence-corrected chi connectivity index (χ2v) is 3.93. The molecule has 2 heterocycles. The predicted octanol–water partition coefficient (Wildman–Crippen LogP) is 2.82. The second kappa shape index (κ2) is 4.33. The first kappa shape index (κ1) is 10.5. The third-order valence-corrected chi connectivity index (χ3v) is 2.67. The van der Waals surface area contributed by atoms with Crippen LogP contribution in [0.4, 0.5) is 5.69 Å². The number of hydrogen-bond donors (Lipinski definition) is 2. The molecule has 0 fully saturated rings. The number of carbonyl (C=O) groups excluding carboxylic acids is 1. The highest BCUT2D eigenvalue weighted by atomic mass is 16.1. The quantitative estimate of drug-likeness (QED) is 0.720. The number of hydrogen-bond acceptors (Lipinski definition) is 2. The lowest BCUT2D eigenvalue weighted by molar-refractivity contribution is 0.102. The third-order valence-electron chi connectivity index (χ3n) is 2.67. The van der Waals surface area contributed by atoms with Gasteiger partial charge in [-0.05, 0) is 30.3 Å². The maximum absolute atomic E-state index is 12.0. The number of amides is 1. The van der Waals surface area contributed by atoms with Gasteiger partial charge in [0.25, 0.3) is 5.91 Å². The van der Waals surface area contributed by atoms with Crippen LogP contribution in [0, 0.1) is 0 Å². The van der Waals surface area contributed by atoms with Crippen LogP contribution in [0.25, 0.3) is 11.0 Å².